The Hall–Kier alpha value is -3.99. The number of carbonyl (C=O) groups is 1. The van der Waals surface area contributed by atoms with Gasteiger partial charge in [0, 0.05) is 0 Å². The summed E-state index contributed by atoms with van der Waals surface area (Å²) in [5, 5.41) is 23.5. The van der Waals surface area contributed by atoms with E-state index in [0.717, 1.165) is 11.1 Å². The quantitative estimate of drug-likeness (QED) is 0.397. The molecule has 0 unspecified atom stereocenters. The standard InChI is InChI=1S/C20H20N6O2.C2H6/c1-12-8-9-15(10-13(12)2)24-18(23)17(22)19(26-28-3)25-20(27)16-7-5-4-6-14(16)11-21;1-2/h4-10,22H,1-3H3,(H2,23,24)(H,25,26,27);1-2H3. The first-order chi connectivity index (χ1) is 14.4. The van der Waals surface area contributed by atoms with Crippen molar-refractivity contribution < 1.29 is 9.63 Å². The minimum absolute atomic E-state index is 0.145. The summed E-state index contributed by atoms with van der Waals surface area (Å²) >= 11 is 0. The number of rotatable bonds is 5. The van der Waals surface area contributed by atoms with Crippen LogP contribution in [-0.4, -0.2) is 30.4 Å². The Bertz CT molecular complexity index is 1020. The number of nitrogens with two attached hydrogens (primary N) is 1. The van der Waals surface area contributed by atoms with Crippen LogP contribution in [0.1, 0.15) is 40.9 Å². The fraction of sp³-hybridized carbons (Fsp3) is 0.227. The summed E-state index contributed by atoms with van der Waals surface area (Å²) < 4.78 is 0. The molecule has 8 heteroatoms. The monoisotopic (exact) mass is 406 g/mol. The van der Waals surface area contributed by atoms with Gasteiger partial charge in [0.2, 0.25) is 5.84 Å². The number of benzene rings is 2. The van der Waals surface area contributed by atoms with E-state index in [1.807, 2.05) is 45.9 Å². The molecule has 30 heavy (non-hydrogen) atoms. The lowest BCUT2D eigenvalue weighted by Crippen LogP contribution is -2.42. The number of hydrogen-bond acceptors (Lipinski definition) is 6. The van der Waals surface area contributed by atoms with E-state index in [0.29, 0.717) is 5.69 Å². The maximum absolute atomic E-state index is 12.5. The van der Waals surface area contributed by atoms with E-state index >= 15 is 0 Å². The molecule has 156 valence electrons. The molecule has 0 atom stereocenters. The maximum atomic E-state index is 12.5. The number of aryl methyl sites for hydroxylation is 2. The first-order valence-electron chi connectivity index (χ1n) is 9.29. The average molecular weight is 406 g/mol. The molecular weight excluding hydrogens is 380 g/mol. The lowest BCUT2D eigenvalue weighted by Gasteiger charge is -2.10. The third-order valence-electron chi connectivity index (χ3n) is 3.94. The summed E-state index contributed by atoms with van der Waals surface area (Å²) in [7, 11) is 1.28. The second-order valence-corrected chi connectivity index (χ2v) is 5.87. The molecule has 0 radical (unpaired) electrons. The van der Waals surface area contributed by atoms with Crippen molar-refractivity contribution in [3.8, 4) is 6.07 Å². The van der Waals surface area contributed by atoms with Gasteiger partial charge in [-0.2, -0.15) is 5.26 Å². The second-order valence-electron chi connectivity index (χ2n) is 5.87. The Kier molecular flexibility index (Phi) is 9.43. The van der Waals surface area contributed by atoms with Crippen molar-refractivity contribution in [3.63, 3.8) is 0 Å². The Morgan fingerprint density at radius 3 is 2.43 bits per heavy atom. The topological polar surface area (TPSA) is 137 Å². The maximum Gasteiger partial charge on any atom is 0.258 e. The largest absolute Gasteiger partial charge is 0.397 e. The van der Waals surface area contributed by atoms with Crippen molar-refractivity contribution >= 4 is 29.0 Å². The van der Waals surface area contributed by atoms with Crippen molar-refractivity contribution in [1.82, 2.24) is 5.32 Å². The van der Waals surface area contributed by atoms with Crippen molar-refractivity contribution in [2.45, 2.75) is 27.7 Å². The van der Waals surface area contributed by atoms with Gasteiger partial charge in [0.1, 0.15) is 12.8 Å². The molecule has 1 amide bonds. The normalized spacial score (nSPS) is 10.9. The van der Waals surface area contributed by atoms with Gasteiger partial charge in [-0.15, -0.1) is 0 Å². The van der Waals surface area contributed by atoms with Crippen LogP contribution in [0.4, 0.5) is 5.69 Å². The minimum atomic E-state index is -0.614. The van der Waals surface area contributed by atoms with Gasteiger partial charge in [0.05, 0.1) is 22.9 Å². The van der Waals surface area contributed by atoms with Crippen molar-refractivity contribution in [2.75, 3.05) is 7.11 Å². The third kappa shape index (κ3) is 6.27. The van der Waals surface area contributed by atoms with E-state index in [4.69, 9.17) is 21.2 Å². The van der Waals surface area contributed by atoms with Crippen molar-refractivity contribution in [1.29, 1.82) is 10.7 Å². The summed E-state index contributed by atoms with van der Waals surface area (Å²) in [6.45, 7) is 7.92. The van der Waals surface area contributed by atoms with E-state index in [1.54, 1.807) is 18.2 Å². The molecule has 2 aromatic rings. The van der Waals surface area contributed by atoms with Crippen LogP contribution in [0.3, 0.4) is 0 Å². The fourth-order valence-electron chi connectivity index (χ4n) is 2.29. The Morgan fingerprint density at radius 2 is 1.83 bits per heavy atom. The SMILES string of the molecule is CC.CO/N=C(/NC(=O)c1ccccc1C#N)C(=N)C(N)=Nc1ccc(C)c(C)c1. The first kappa shape index (κ1) is 24.0. The van der Waals surface area contributed by atoms with Crippen LogP contribution in [-0.2, 0) is 4.84 Å². The summed E-state index contributed by atoms with van der Waals surface area (Å²) in [5.74, 6) is -0.977. The van der Waals surface area contributed by atoms with E-state index in [1.165, 1.54) is 19.2 Å². The second kappa shape index (κ2) is 11.8. The summed E-state index contributed by atoms with van der Waals surface area (Å²) in [6.07, 6.45) is 0. The third-order valence-corrected chi connectivity index (χ3v) is 3.94. The highest BCUT2D eigenvalue weighted by Gasteiger charge is 2.19. The lowest BCUT2D eigenvalue weighted by atomic mass is 10.1. The number of amides is 1. The Morgan fingerprint density at radius 1 is 1.17 bits per heavy atom. The number of nitrogens with zero attached hydrogens (tertiary/aromatic N) is 3. The van der Waals surface area contributed by atoms with E-state index in [-0.39, 0.29) is 28.5 Å². The summed E-state index contributed by atoms with van der Waals surface area (Å²) in [5.41, 5.74) is 8.66. The van der Waals surface area contributed by atoms with Gasteiger partial charge in [-0.25, -0.2) is 4.99 Å². The van der Waals surface area contributed by atoms with Gasteiger partial charge < -0.3 is 15.9 Å². The molecule has 8 nitrogen and oxygen atoms in total. The van der Waals surface area contributed by atoms with Crippen LogP contribution in [0.5, 0.6) is 0 Å². The molecule has 0 aliphatic carbocycles. The van der Waals surface area contributed by atoms with Crippen LogP contribution >= 0.6 is 0 Å². The van der Waals surface area contributed by atoms with E-state index in [2.05, 4.69) is 15.5 Å². The summed E-state index contributed by atoms with van der Waals surface area (Å²) in [4.78, 5) is 21.4. The molecule has 0 aliphatic rings. The number of nitrogens with one attached hydrogen (secondary N) is 2. The minimum Gasteiger partial charge on any atom is -0.397 e. The zero-order valence-electron chi connectivity index (χ0n) is 17.8. The van der Waals surface area contributed by atoms with Gasteiger partial charge in [0.25, 0.3) is 5.91 Å². The number of hydrogen-bond donors (Lipinski definition) is 3. The molecule has 0 fully saturated rings. The molecule has 0 aromatic heterocycles. The number of amidine groups is 2. The molecular formula is C22H26N6O2. The van der Waals surface area contributed by atoms with Gasteiger partial charge in [-0.1, -0.05) is 37.2 Å². The van der Waals surface area contributed by atoms with Crippen LogP contribution < -0.4 is 11.1 Å². The van der Waals surface area contributed by atoms with Gasteiger partial charge >= 0.3 is 0 Å². The predicted molar refractivity (Wildman–Crippen MR) is 119 cm³/mol. The smallest absolute Gasteiger partial charge is 0.258 e. The van der Waals surface area contributed by atoms with Crippen LogP contribution in [0.25, 0.3) is 0 Å². The van der Waals surface area contributed by atoms with Gasteiger partial charge in [0.15, 0.2) is 5.84 Å². The number of aliphatic imine (C=N–C) groups is 1. The van der Waals surface area contributed by atoms with Gasteiger partial charge in [-0.05, 0) is 49.2 Å². The first-order valence-corrected chi connectivity index (χ1v) is 9.29. The zero-order valence-corrected chi connectivity index (χ0v) is 17.8. The number of nitriles is 1. The fourth-order valence-corrected chi connectivity index (χ4v) is 2.29. The van der Waals surface area contributed by atoms with Crippen LogP contribution in [0, 0.1) is 30.6 Å². The van der Waals surface area contributed by atoms with Gasteiger partial charge in [-0.3, -0.25) is 10.2 Å². The van der Waals surface area contributed by atoms with Crippen LogP contribution in [0.2, 0.25) is 0 Å². The molecule has 0 spiro atoms. The lowest BCUT2D eigenvalue weighted by molar-refractivity contribution is 0.0975. The van der Waals surface area contributed by atoms with Crippen molar-refractivity contribution in [3.05, 3.63) is 64.7 Å². The number of carbonyl (C=O) groups excluding carboxylic acids is 1. The highest BCUT2D eigenvalue weighted by atomic mass is 16.6. The highest BCUT2D eigenvalue weighted by Crippen LogP contribution is 2.17. The summed E-state index contributed by atoms with van der Waals surface area (Å²) in [6, 6.07) is 13.7. The average Bonchev–Trinajstić information content (AvgIpc) is 2.76. The molecule has 2 aromatic carbocycles. The zero-order chi connectivity index (χ0) is 22.7. The molecule has 0 aliphatic heterocycles. The molecule has 0 saturated heterocycles. The predicted octanol–water partition coefficient (Wildman–Crippen LogP) is 3.60. The van der Waals surface area contributed by atoms with E-state index in [9.17, 15) is 4.79 Å². The highest BCUT2D eigenvalue weighted by molar-refractivity contribution is 6.67. The Labute approximate surface area is 176 Å². The Balaban J connectivity index is 0.00000218. The molecule has 4 N–H and O–H groups in total. The molecule has 0 heterocycles. The molecule has 0 bridgehead atoms. The van der Waals surface area contributed by atoms with Crippen molar-refractivity contribution in [2.24, 2.45) is 15.9 Å². The number of oxime groups is 1. The molecule has 0 saturated carbocycles. The van der Waals surface area contributed by atoms with Crippen LogP contribution in [0.15, 0.2) is 52.6 Å². The molecule has 2 rings (SSSR count). The van der Waals surface area contributed by atoms with E-state index < -0.39 is 5.91 Å².